The van der Waals surface area contributed by atoms with Crippen LogP contribution in [0.5, 0.6) is 11.5 Å². The van der Waals surface area contributed by atoms with Crippen molar-refractivity contribution in [1.82, 2.24) is 9.88 Å². The minimum atomic E-state index is -0.205. The number of hydrogen-bond donors (Lipinski definition) is 1. The predicted octanol–water partition coefficient (Wildman–Crippen LogP) is 2.33. The average Bonchev–Trinajstić information content (AvgIpc) is 2.56. The molecule has 1 heterocycles. The minimum absolute atomic E-state index is 0.190. The molecule has 0 aliphatic heterocycles. The van der Waals surface area contributed by atoms with Crippen LogP contribution in [0.15, 0.2) is 23.1 Å². The molecule has 1 aromatic heterocycles. The van der Waals surface area contributed by atoms with Crippen molar-refractivity contribution in [2.24, 2.45) is 13.0 Å². The van der Waals surface area contributed by atoms with Crippen LogP contribution in [0, 0.1) is 5.92 Å². The van der Waals surface area contributed by atoms with Gasteiger partial charge < -0.3 is 19.4 Å². The number of aryl methyl sites for hydroxylation is 1. The Morgan fingerprint density at radius 2 is 1.75 bits per heavy atom. The van der Waals surface area contributed by atoms with Crippen LogP contribution < -0.4 is 20.3 Å². The molecular formula is C18H24N2O4. The molecule has 1 aromatic carbocycles. The topological polar surface area (TPSA) is 69.6 Å². The Bertz CT molecular complexity index is 809. The molecule has 0 saturated heterocycles. The number of rotatable bonds is 6. The van der Waals surface area contributed by atoms with E-state index in [0.717, 1.165) is 6.42 Å². The van der Waals surface area contributed by atoms with Gasteiger partial charge in [-0.25, -0.2) is 0 Å². The van der Waals surface area contributed by atoms with E-state index in [-0.39, 0.29) is 11.5 Å². The Labute approximate surface area is 141 Å². The van der Waals surface area contributed by atoms with Gasteiger partial charge in [0.05, 0.1) is 25.2 Å². The highest BCUT2D eigenvalue weighted by Crippen LogP contribution is 2.32. The van der Waals surface area contributed by atoms with Gasteiger partial charge in [0.1, 0.15) is 0 Å². The molecule has 0 spiro atoms. The van der Waals surface area contributed by atoms with Crippen molar-refractivity contribution in [3.8, 4) is 11.5 Å². The number of nitrogens with zero attached hydrogens (tertiary/aromatic N) is 1. The van der Waals surface area contributed by atoms with E-state index in [1.165, 1.54) is 18.8 Å². The van der Waals surface area contributed by atoms with Crippen LogP contribution in [-0.2, 0) is 7.05 Å². The third-order valence-corrected chi connectivity index (χ3v) is 3.94. The second-order valence-electron chi connectivity index (χ2n) is 6.15. The molecule has 0 aliphatic rings. The van der Waals surface area contributed by atoms with Crippen molar-refractivity contribution in [1.29, 1.82) is 0 Å². The molecule has 0 radical (unpaired) electrons. The lowest BCUT2D eigenvalue weighted by Gasteiger charge is -2.14. The SMILES string of the molecule is COc1cc2c(C(=O)NCCC(C)C)cn(C)c(=O)c2cc1OC. The highest BCUT2D eigenvalue weighted by atomic mass is 16.5. The van der Waals surface area contributed by atoms with E-state index in [4.69, 9.17) is 9.47 Å². The average molecular weight is 332 g/mol. The van der Waals surface area contributed by atoms with Gasteiger partial charge in [-0.15, -0.1) is 0 Å². The number of methoxy groups -OCH3 is 2. The van der Waals surface area contributed by atoms with Gasteiger partial charge in [0, 0.05) is 25.2 Å². The maximum absolute atomic E-state index is 12.6. The molecule has 0 bridgehead atoms. The van der Waals surface area contributed by atoms with Crippen LogP contribution in [0.2, 0.25) is 0 Å². The molecule has 6 heteroatoms. The van der Waals surface area contributed by atoms with E-state index in [1.54, 1.807) is 25.4 Å². The van der Waals surface area contributed by atoms with Gasteiger partial charge in [-0.1, -0.05) is 13.8 Å². The largest absolute Gasteiger partial charge is 0.493 e. The lowest BCUT2D eigenvalue weighted by atomic mass is 10.1. The van der Waals surface area contributed by atoms with E-state index < -0.39 is 0 Å². The number of aromatic nitrogens is 1. The number of pyridine rings is 1. The summed E-state index contributed by atoms with van der Waals surface area (Å²) >= 11 is 0. The fourth-order valence-electron chi connectivity index (χ4n) is 2.54. The number of benzene rings is 1. The number of nitrogens with one attached hydrogen (secondary N) is 1. The van der Waals surface area contributed by atoms with Gasteiger partial charge in [0.2, 0.25) is 0 Å². The molecule has 2 aromatic rings. The van der Waals surface area contributed by atoms with E-state index in [1.807, 2.05) is 0 Å². The first-order valence-electron chi connectivity index (χ1n) is 7.92. The summed E-state index contributed by atoms with van der Waals surface area (Å²) in [5.74, 6) is 1.24. The Kier molecular flexibility index (Phi) is 5.49. The first-order chi connectivity index (χ1) is 11.4. The number of ether oxygens (including phenoxy) is 2. The number of fused-ring (bicyclic) bond motifs is 1. The van der Waals surface area contributed by atoms with E-state index in [2.05, 4.69) is 19.2 Å². The molecule has 6 nitrogen and oxygen atoms in total. The second-order valence-corrected chi connectivity index (χ2v) is 6.15. The maximum Gasteiger partial charge on any atom is 0.258 e. The van der Waals surface area contributed by atoms with Crippen molar-refractivity contribution in [2.75, 3.05) is 20.8 Å². The lowest BCUT2D eigenvalue weighted by Crippen LogP contribution is -2.28. The summed E-state index contributed by atoms with van der Waals surface area (Å²) in [5, 5.41) is 3.89. The Morgan fingerprint density at radius 1 is 1.17 bits per heavy atom. The zero-order chi connectivity index (χ0) is 17.9. The van der Waals surface area contributed by atoms with Gasteiger partial charge in [-0.3, -0.25) is 9.59 Å². The standard InChI is InChI=1S/C18H24N2O4/c1-11(2)6-7-19-17(21)14-10-20(3)18(22)13-9-16(24-5)15(23-4)8-12(13)14/h8-11H,6-7H2,1-5H3,(H,19,21). The quantitative estimate of drug-likeness (QED) is 0.881. The zero-order valence-corrected chi connectivity index (χ0v) is 14.8. The smallest absolute Gasteiger partial charge is 0.258 e. The van der Waals surface area contributed by atoms with Gasteiger partial charge in [0.25, 0.3) is 11.5 Å². The summed E-state index contributed by atoms with van der Waals surface area (Å²) in [6, 6.07) is 3.29. The normalized spacial score (nSPS) is 10.9. The summed E-state index contributed by atoms with van der Waals surface area (Å²) < 4.78 is 12.0. The fraction of sp³-hybridized carbons (Fsp3) is 0.444. The Hall–Kier alpha value is -2.50. The van der Waals surface area contributed by atoms with Crippen molar-refractivity contribution in [3.63, 3.8) is 0 Å². The van der Waals surface area contributed by atoms with Gasteiger partial charge in [0.15, 0.2) is 11.5 Å². The Morgan fingerprint density at radius 3 is 2.29 bits per heavy atom. The molecule has 1 N–H and O–H groups in total. The van der Waals surface area contributed by atoms with Crippen LogP contribution >= 0.6 is 0 Å². The molecule has 0 unspecified atom stereocenters. The molecule has 130 valence electrons. The maximum atomic E-state index is 12.6. The summed E-state index contributed by atoms with van der Waals surface area (Å²) in [7, 11) is 4.66. The molecule has 0 saturated carbocycles. The number of amides is 1. The summed E-state index contributed by atoms with van der Waals surface area (Å²) in [6.45, 7) is 4.80. The highest BCUT2D eigenvalue weighted by Gasteiger charge is 2.17. The van der Waals surface area contributed by atoms with Crippen LogP contribution in [0.3, 0.4) is 0 Å². The van der Waals surface area contributed by atoms with E-state index >= 15 is 0 Å². The molecule has 0 atom stereocenters. The second kappa shape index (κ2) is 7.38. The molecule has 0 fully saturated rings. The first kappa shape index (κ1) is 17.8. The van der Waals surface area contributed by atoms with Crippen molar-refractivity contribution < 1.29 is 14.3 Å². The molecule has 1 amide bonds. The van der Waals surface area contributed by atoms with Crippen LogP contribution in [-0.4, -0.2) is 31.2 Å². The van der Waals surface area contributed by atoms with Gasteiger partial charge in [-0.05, 0) is 24.5 Å². The third kappa shape index (κ3) is 3.53. The number of carbonyl (C=O) groups excluding carboxylic acids is 1. The number of hydrogen-bond acceptors (Lipinski definition) is 4. The molecule has 2 rings (SSSR count). The summed E-state index contributed by atoms with van der Waals surface area (Å²) in [4.78, 5) is 25.0. The van der Waals surface area contributed by atoms with Gasteiger partial charge >= 0.3 is 0 Å². The molecule has 24 heavy (non-hydrogen) atoms. The zero-order valence-electron chi connectivity index (χ0n) is 14.8. The lowest BCUT2D eigenvalue weighted by molar-refractivity contribution is 0.0953. The highest BCUT2D eigenvalue weighted by molar-refractivity contribution is 6.07. The van der Waals surface area contributed by atoms with Crippen molar-refractivity contribution >= 4 is 16.7 Å². The molecule has 0 aliphatic carbocycles. The van der Waals surface area contributed by atoms with Crippen LogP contribution in [0.4, 0.5) is 0 Å². The van der Waals surface area contributed by atoms with Gasteiger partial charge in [-0.2, -0.15) is 0 Å². The Balaban J connectivity index is 2.55. The minimum Gasteiger partial charge on any atom is -0.493 e. The summed E-state index contributed by atoms with van der Waals surface area (Å²) in [6.07, 6.45) is 2.45. The van der Waals surface area contributed by atoms with Crippen LogP contribution in [0.1, 0.15) is 30.6 Å². The third-order valence-electron chi connectivity index (χ3n) is 3.94. The molecular weight excluding hydrogens is 308 g/mol. The van der Waals surface area contributed by atoms with E-state index in [9.17, 15) is 9.59 Å². The first-order valence-corrected chi connectivity index (χ1v) is 7.92. The predicted molar refractivity (Wildman–Crippen MR) is 94.1 cm³/mol. The van der Waals surface area contributed by atoms with Crippen molar-refractivity contribution in [2.45, 2.75) is 20.3 Å². The number of carbonyl (C=O) groups is 1. The fourth-order valence-corrected chi connectivity index (χ4v) is 2.54. The van der Waals surface area contributed by atoms with E-state index in [0.29, 0.717) is 40.3 Å². The summed E-state index contributed by atoms with van der Waals surface area (Å²) in [5.41, 5.74) is 0.251. The van der Waals surface area contributed by atoms with Crippen LogP contribution in [0.25, 0.3) is 10.8 Å². The monoisotopic (exact) mass is 332 g/mol. The van der Waals surface area contributed by atoms with Crippen molar-refractivity contribution in [3.05, 3.63) is 34.2 Å².